The second-order valence-electron chi connectivity index (χ2n) is 6.43. The molecule has 0 fully saturated rings. The second kappa shape index (κ2) is 9.73. The minimum absolute atomic E-state index is 0.00690. The average molecular weight is 370 g/mol. The number of nitrogens with zero attached hydrogens (tertiary/aromatic N) is 1. The number of carbonyl (C=O) groups excluding carboxylic acids is 2. The van der Waals surface area contributed by atoms with Crippen LogP contribution >= 0.6 is 0 Å². The smallest absolute Gasteiger partial charge is 0.258 e. The van der Waals surface area contributed by atoms with Gasteiger partial charge in [0.2, 0.25) is 0 Å². The molecule has 1 atom stereocenters. The zero-order valence-corrected chi connectivity index (χ0v) is 16.2. The van der Waals surface area contributed by atoms with Crippen LogP contribution < -0.4 is 14.8 Å². The van der Waals surface area contributed by atoms with Crippen LogP contribution in [0, 0.1) is 0 Å². The molecule has 1 amide bonds. The first-order valence-electron chi connectivity index (χ1n) is 8.71. The number of benzene rings is 2. The first kappa shape index (κ1) is 20.5. The maximum absolute atomic E-state index is 12.1. The molecule has 2 aromatic carbocycles. The Morgan fingerprint density at radius 3 is 2.11 bits per heavy atom. The number of amides is 1. The van der Waals surface area contributed by atoms with E-state index in [0.29, 0.717) is 17.9 Å². The van der Waals surface area contributed by atoms with Crippen molar-refractivity contribution in [1.82, 2.24) is 10.2 Å². The Kier molecular flexibility index (Phi) is 7.37. The number of rotatable bonds is 9. The van der Waals surface area contributed by atoms with E-state index in [2.05, 4.69) is 5.32 Å². The normalized spacial score (nSPS) is 11.7. The topological polar surface area (TPSA) is 67.9 Å². The summed E-state index contributed by atoms with van der Waals surface area (Å²) in [5, 5.41) is 2.90. The van der Waals surface area contributed by atoms with E-state index in [1.807, 2.05) is 43.3 Å². The van der Waals surface area contributed by atoms with Crippen molar-refractivity contribution in [3.05, 3.63) is 59.7 Å². The fourth-order valence-corrected chi connectivity index (χ4v) is 2.62. The van der Waals surface area contributed by atoms with Crippen molar-refractivity contribution in [3.8, 4) is 11.5 Å². The Morgan fingerprint density at radius 1 is 1.00 bits per heavy atom. The lowest BCUT2D eigenvalue weighted by atomic mass is 10.1. The fourth-order valence-electron chi connectivity index (χ4n) is 2.62. The summed E-state index contributed by atoms with van der Waals surface area (Å²) < 4.78 is 10.7. The molecule has 0 aliphatic heterocycles. The van der Waals surface area contributed by atoms with Crippen LogP contribution in [0.1, 0.15) is 28.9 Å². The molecular weight excluding hydrogens is 344 g/mol. The lowest BCUT2D eigenvalue weighted by Crippen LogP contribution is -2.36. The maximum atomic E-state index is 12.1. The largest absolute Gasteiger partial charge is 0.497 e. The van der Waals surface area contributed by atoms with Gasteiger partial charge in [0.25, 0.3) is 5.91 Å². The van der Waals surface area contributed by atoms with Crippen LogP contribution in [0.4, 0.5) is 0 Å². The summed E-state index contributed by atoms with van der Waals surface area (Å²) in [6.45, 7) is 1.89. The van der Waals surface area contributed by atoms with Gasteiger partial charge in [0.05, 0.1) is 13.2 Å². The van der Waals surface area contributed by atoms with E-state index >= 15 is 0 Å². The number of hydrogen-bond acceptors (Lipinski definition) is 5. The lowest BCUT2D eigenvalue weighted by molar-refractivity contribution is -0.123. The van der Waals surface area contributed by atoms with E-state index in [-0.39, 0.29) is 24.3 Å². The zero-order chi connectivity index (χ0) is 19.8. The Morgan fingerprint density at radius 2 is 1.59 bits per heavy atom. The van der Waals surface area contributed by atoms with Crippen LogP contribution in [0.2, 0.25) is 0 Å². The Labute approximate surface area is 160 Å². The van der Waals surface area contributed by atoms with Crippen molar-refractivity contribution >= 4 is 11.7 Å². The molecule has 0 aliphatic carbocycles. The van der Waals surface area contributed by atoms with Gasteiger partial charge < -0.3 is 19.7 Å². The molecule has 0 saturated carbocycles. The molecule has 6 heteroatoms. The Balaban J connectivity index is 1.86. The summed E-state index contributed by atoms with van der Waals surface area (Å²) in [5.41, 5.74) is 1.70. The molecule has 0 aliphatic rings. The minimum atomic E-state index is -0.203. The number of nitrogens with one attached hydrogen (secondary N) is 1. The Hall–Kier alpha value is -2.86. The van der Waals surface area contributed by atoms with Crippen molar-refractivity contribution in [1.29, 1.82) is 0 Å². The number of methoxy groups -OCH3 is 1. The highest BCUT2D eigenvalue weighted by molar-refractivity contribution is 5.94. The average Bonchev–Trinajstić information content (AvgIpc) is 2.67. The molecular formula is C21H26N2O4. The molecule has 0 spiro atoms. The lowest BCUT2D eigenvalue weighted by Gasteiger charge is -2.25. The molecule has 0 radical (unpaired) electrons. The summed E-state index contributed by atoms with van der Waals surface area (Å²) in [6.07, 6.45) is 0. The summed E-state index contributed by atoms with van der Waals surface area (Å²) in [4.78, 5) is 25.4. The van der Waals surface area contributed by atoms with Crippen molar-refractivity contribution in [2.75, 3.05) is 34.4 Å². The summed E-state index contributed by atoms with van der Waals surface area (Å²) >= 11 is 0. The summed E-state index contributed by atoms with van der Waals surface area (Å²) in [5.74, 6) is 1.14. The SMILES string of the molecule is COc1ccc(C(CNC(=O)COc2ccc(C(C)=O)cc2)N(C)C)cc1. The van der Waals surface area contributed by atoms with Crippen LogP contribution in [-0.4, -0.2) is 50.9 Å². The van der Waals surface area contributed by atoms with Gasteiger partial charge in [-0.2, -0.15) is 0 Å². The standard InChI is InChI=1S/C21H26N2O4/c1-15(24)16-5-11-19(12-6-16)27-14-21(25)22-13-20(23(2)3)17-7-9-18(26-4)10-8-17/h5-12,20H,13-14H2,1-4H3,(H,22,25). The number of hydrogen-bond donors (Lipinski definition) is 1. The van der Waals surface area contributed by atoms with Crippen molar-refractivity contribution in [2.24, 2.45) is 0 Å². The van der Waals surface area contributed by atoms with Gasteiger partial charge in [0.15, 0.2) is 12.4 Å². The summed E-state index contributed by atoms with van der Waals surface area (Å²) in [7, 11) is 5.56. The summed E-state index contributed by atoms with van der Waals surface area (Å²) in [6, 6.07) is 14.6. The van der Waals surface area contributed by atoms with Gasteiger partial charge in [-0.1, -0.05) is 12.1 Å². The third-order valence-corrected chi connectivity index (χ3v) is 4.25. The van der Waals surface area contributed by atoms with Crippen molar-refractivity contribution < 1.29 is 19.1 Å². The monoisotopic (exact) mass is 370 g/mol. The molecule has 27 heavy (non-hydrogen) atoms. The third kappa shape index (κ3) is 6.11. The molecule has 6 nitrogen and oxygen atoms in total. The van der Waals surface area contributed by atoms with Crippen LogP contribution in [0.3, 0.4) is 0 Å². The van der Waals surface area contributed by atoms with Crippen molar-refractivity contribution in [3.63, 3.8) is 0 Å². The number of ketones is 1. The van der Waals surface area contributed by atoms with E-state index in [1.54, 1.807) is 31.4 Å². The van der Waals surface area contributed by atoms with Gasteiger partial charge in [-0.15, -0.1) is 0 Å². The molecule has 0 bridgehead atoms. The van der Waals surface area contributed by atoms with Gasteiger partial charge in [0, 0.05) is 12.1 Å². The van der Waals surface area contributed by atoms with Gasteiger partial charge in [-0.25, -0.2) is 0 Å². The molecule has 0 aromatic heterocycles. The van der Waals surface area contributed by atoms with E-state index in [1.165, 1.54) is 6.92 Å². The van der Waals surface area contributed by atoms with Crippen LogP contribution in [0.5, 0.6) is 11.5 Å². The second-order valence-corrected chi connectivity index (χ2v) is 6.43. The maximum Gasteiger partial charge on any atom is 0.258 e. The predicted octanol–water partition coefficient (Wildman–Crippen LogP) is 2.70. The molecule has 0 saturated heterocycles. The number of carbonyl (C=O) groups is 2. The highest BCUT2D eigenvalue weighted by Gasteiger charge is 2.15. The van der Waals surface area contributed by atoms with E-state index < -0.39 is 0 Å². The van der Waals surface area contributed by atoms with Gasteiger partial charge in [0.1, 0.15) is 11.5 Å². The number of ether oxygens (including phenoxy) is 2. The first-order chi connectivity index (χ1) is 12.9. The minimum Gasteiger partial charge on any atom is -0.497 e. The van der Waals surface area contributed by atoms with Crippen LogP contribution in [0.25, 0.3) is 0 Å². The van der Waals surface area contributed by atoms with E-state index in [0.717, 1.165) is 11.3 Å². The highest BCUT2D eigenvalue weighted by Crippen LogP contribution is 2.20. The van der Waals surface area contributed by atoms with E-state index in [4.69, 9.17) is 9.47 Å². The van der Waals surface area contributed by atoms with Gasteiger partial charge >= 0.3 is 0 Å². The fraction of sp³-hybridized carbons (Fsp3) is 0.333. The van der Waals surface area contributed by atoms with Gasteiger partial charge in [-0.3, -0.25) is 9.59 Å². The predicted molar refractivity (Wildman–Crippen MR) is 104 cm³/mol. The van der Waals surface area contributed by atoms with E-state index in [9.17, 15) is 9.59 Å². The molecule has 144 valence electrons. The van der Waals surface area contributed by atoms with Crippen LogP contribution in [0.15, 0.2) is 48.5 Å². The zero-order valence-electron chi connectivity index (χ0n) is 16.2. The van der Waals surface area contributed by atoms with Crippen molar-refractivity contribution in [2.45, 2.75) is 13.0 Å². The number of likely N-dealkylation sites (N-methyl/N-ethyl adjacent to an activating group) is 1. The molecule has 2 aromatic rings. The Bertz CT molecular complexity index is 755. The molecule has 1 unspecified atom stereocenters. The third-order valence-electron chi connectivity index (χ3n) is 4.25. The molecule has 2 rings (SSSR count). The molecule has 1 N–H and O–H groups in total. The number of Topliss-reactive ketones (excluding diaryl/α,β-unsaturated/α-hetero) is 1. The first-order valence-corrected chi connectivity index (χ1v) is 8.71. The molecule has 0 heterocycles. The highest BCUT2D eigenvalue weighted by atomic mass is 16.5. The quantitative estimate of drug-likeness (QED) is 0.688. The van der Waals surface area contributed by atoms with Gasteiger partial charge in [-0.05, 0) is 63.0 Å². The van der Waals surface area contributed by atoms with Crippen LogP contribution in [-0.2, 0) is 4.79 Å².